The Bertz CT molecular complexity index is 384. The molecule has 0 bridgehead atoms. The average molecular weight is 304 g/mol. The SMILES string of the molecule is CCCCCCC(O)C(CN)c1ccc(Cl)cc1Cl. The number of unbranched alkanes of at least 4 members (excludes halogenated alkanes) is 3. The van der Waals surface area contributed by atoms with Crippen molar-refractivity contribution in [3.63, 3.8) is 0 Å². The molecule has 0 aliphatic heterocycles. The molecule has 19 heavy (non-hydrogen) atoms. The number of hydrogen-bond donors (Lipinski definition) is 2. The van der Waals surface area contributed by atoms with E-state index in [4.69, 9.17) is 28.9 Å². The van der Waals surface area contributed by atoms with E-state index in [2.05, 4.69) is 6.92 Å². The van der Waals surface area contributed by atoms with Crippen LogP contribution in [-0.2, 0) is 0 Å². The van der Waals surface area contributed by atoms with E-state index < -0.39 is 6.10 Å². The standard InChI is InChI=1S/C15H23Cl2NO/c1-2-3-4-5-6-15(19)13(10-18)12-8-7-11(16)9-14(12)17/h7-9,13,15,19H,2-6,10,18H2,1H3. The molecule has 2 atom stereocenters. The first-order valence-corrected chi connectivity index (χ1v) is 7.68. The molecule has 0 heterocycles. The summed E-state index contributed by atoms with van der Waals surface area (Å²) in [5.74, 6) is -0.119. The molecule has 0 saturated carbocycles. The molecule has 0 fully saturated rings. The summed E-state index contributed by atoms with van der Waals surface area (Å²) in [6.45, 7) is 2.56. The second kappa shape index (κ2) is 8.80. The van der Waals surface area contributed by atoms with Crippen LogP contribution >= 0.6 is 23.2 Å². The zero-order valence-corrected chi connectivity index (χ0v) is 12.9. The normalized spacial score (nSPS) is 14.4. The topological polar surface area (TPSA) is 46.2 Å². The number of aliphatic hydroxyl groups excluding tert-OH is 1. The first-order chi connectivity index (χ1) is 9.10. The van der Waals surface area contributed by atoms with Gasteiger partial charge in [0.1, 0.15) is 0 Å². The number of aliphatic hydroxyl groups is 1. The Morgan fingerprint density at radius 3 is 2.53 bits per heavy atom. The Kier molecular flexibility index (Phi) is 7.77. The molecule has 1 aromatic rings. The maximum atomic E-state index is 10.3. The molecule has 108 valence electrons. The van der Waals surface area contributed by atoms with E-state index >= 15 is 0 Å². The summed E-state index contributed by atoms with van der Waals surface area (Å²) in [5.41, 5.74) is 6.68. The number of hydrogen-bond acceptors (Lipinski definition) is 2. The summed E-state index contributed by atoms with van der Waals surface area (Å²) in [7, 11) is 0. The van der Waals surface area contributed by atoms with Gasteiger partial charge in [-0.2, -0.15) is 0 Å². The summed E-state index contributed by atoms with van der Waals surface area (Å²) in [6, 6.07) is 5.34. The highest BCUT2D eigenvalue weighted by molar-refractivity contribution is 6.35. The molecule has 0 spiro atoms. The van der Waals surface area contributed by atoms with E-state index in [1.165, 1.54) is 12.8 Å². The Morgan fingerprint density at radius 2 is 1.95 bits per heavy atom. The lowest BCUT2D eigenvalue weighted by molar-refractivity contribution is 0.132. The van der Waals surface area contributed by atoms with E-state index in [0.717, 1.165) is 24.8 Å². The van der Waals surface area contributed by atoms with Crippen LogP contribution in [0.1, 0.15) is 50.5 Å². The van der Waals surface area contributed by atoms with Crippen LogP contribution in [0.15, 0.2) is 18.2 Å². The maximum absolute atomic E-state index is 10.3. The van der Waals surface area contributed by atoms with Gasteiger partial charge in [-0.25, -0.2) is 0 Å². The summed E-state index contributed by atoms with van der Waals surface area (Å²) in [6.07, 6.45) is 4.90. The summed E-state index contributed by atoms with van der Waals surface area (Å²) in [4.78, 5) is 0. The van der Waals surface area contributed by atoms with Crippen molar-refractivity contribution in [2.24, 2.45) is 5.73 Å². The molecule has 2 unspecified atom stereocenters. The molecule has 4 heteroatoms. The highest BCUT2D eigenvalue weighted by atomic mass is 35.5. The molecule has 0 aliphatic rings. The van der Waals surface area contributed by atoms with Crippen molar-refractivity contribution in [3.05, 3.63) is 33.8 Å². The van der Waals surface area contributed by atoms with E-state index in [-0.39, 0.29) is 5.92 Å². The maximum Gasteiger partial charge on any atom is 0.0621 e. The van der Waals surface area contributed by atoms with Crippen molar-refractivity contribution < 1.29 is 5.11 Å². The lowest BCUT2D eigenvalue weighted by Crippen LogP contribution is -2.26. The smallest absolute Gasteiger partial charge is 0.0621 e. The van der Waals surface area contributed by atoms with Gasteiger partial charge in [-0.3, -0.25) is 0 Å². The van der Waals surface area contributed by atoms with Crippen LogP contribution in [0.3, 0.4) is 0 Å². The third-order valence-electron chi connectivity index (χ3n) is 3.43. The largest absolute Gasteiger partial charge is 0.392 e. The Hall–Kier alpha value is -0.280. The van der Waals surface area contributed by atoms with Gasteiger partial charge in [0.25, 0.3) is 0 Å². The summed E-state index contributed by atoms with van der Waals surface area (Å²) in [5, 5.41) is 11.5. The van der Waals surface area contributed by atoms with E-state index in [1.54, 1.807) is 12.1 Å². The van der Waals surface area contributed by atoms with Gasteiger partial charge in [0.2, 0.25) is 0 Å². The first-order valence-electron chi connectivity index (χ1n) is 6.93. The lowest BCUT2D eigenvalue weighted by atomic mass is 9.90. The lowest BCUT2D eigenvalue weighted by Gasteiger charge is -2.23. The summed E-state index contributed by atoms with van der Waals surface area (Å²) >= 11 is 12.1. The molecule has 0 aromatic heterocycles. The van der Waals surface area contributed by atoms with Gasteiger partial charge < -0.3 is 10.8 Å². The number of halogens is 2. The van der Waals surface area contributed by atoms with Crippen molar-refractivity contribution in [2.75, 3.05) is 6.54 Å². The van der Waals surface area contributed by atoms with Crippen molar-refractivity contribution in [2.45, 2.75) is 51.0 Å². The second-order valence-corrected chi connectivity index (χ2v) is 5.77. The van der Waals surface area contributed by atoms with Crippen molar-refractivity contribution >= 4 is 23.2 Å². The Labute approximate surface area is 125 Å². The van der Waals surface area contributed by atoms with Gasteiger partial charge in [0.15, 0.2) is 0 Å². The van der Waals surface area contributed by atoms with Crippen molar-refractivity contribution in [1.29, 1.82) is 0 Å². The second-order valence-electron chi connectivity index (χ2n) is 4.92. The Balaban J connectivity index is 2.65. The van der Waals surface area contributed by atoms with Gasteiger partial charge in [0.05, 0.1) is 6.10 Å². The van der Waals surface area contributed by atoms with E-state index in [0.29, 0.717) is 16.6 Å². The molecule has 0 radical (unpaired) electrons. The van der Waals surface area contributed by atoms with Gasteiger partial charge >= 0.3 is 0 Å². The molecule has 0 aliphatic carbocycles. The van der Waals surface area contributed by atoms with E-state index in [9.17, 15) is 5.11 Å². The predicted octanol–water partition coefficient (Wildman–Crippen LogP) is 4.37. The minimum atomic E-state index is -0.444. The third-order valence-corrected chi connectivity index (χ3v) is 4.00. The molecule has 0 amide bonds. The average Bonchev–Trinajstić information content (AvgIpc) is 2.38. The highest BCUT2D eigenvalue weighted by Gasteiger charge is 2.21. The quantitative estimate of drug-likeness (QED) is 0.701. The van der Waals surface area contributed by atoms with Gasteiger partial charge in [0, 0.05) is 22.5 Å². The van der Waals surface area contributed by atoms with Crippen LogP contribution in [0.5, 0.6) is 0 Å². The molecule has 2 nitrogen and oxygen atoms in total. The van der Waals surface area contributed by atoms with Gasteiger partial charge in [-0.15, -0.1) is 0 Å². The molecule has 3 N–H and O–H groups in total. The zero-order chi connectivity index (χ0) is 14.3. The molecule has 0 saturated heterocycles. The fourth-order valence-electron chi connectivity index (χ4n) is 2.27. The molecule has 1 rings (SSSR count). The highest BCUT2D eigenvalue weighted by Crippen LogP contribution is 2.30. The van der Waals surface area contributed by atoms with E-state index in [1.807, 2.05) is 6.07 Å². The van der Waals surface area contributed by atoms with Gasteiger partial charge in [-0.05, 0) is 24.1 Å². The fraction of sp³-hybridized carbons (Fsp3) is 0.600. The van der Waals surface area contributed by atoms with Crippen LogP contribution in [0.25, 0.3) is 0 Å². The zero-order valence-electron chi connectivity index (χ0n) is 11.4. The van der Waals surface area contributed by atoms with Crippen LogP contribution < -0.4 is 5.73 Å². The number of benzene rings is 1. The molecular formula is C15H23Cl2NO. The summed E-state index contributed by atoms with van der Waals surface area (Å²) < 4.78 is 0. The minimum absolute atomic E-state index is 0.119. The van der Waals surface area contributed by atoms with Crippen LogP contribution in [0.2, 0.25) is 10.0 Å². The minimum Gasteiger partial charge on any atom is -0.392 e. The van der Waals surface area contributed by atoms with Crippen LogP contribution in [-0.4, -0.2) is 17.8 Å². The number of rotatable bonds is 8. The molecule has 1 aromatic carbocycles. The number of nitrogens with two attached hydrogens (primary N) is 1. The van der Waals surface area contributed by atoms with Crippen LogP contribution in [0.4, 0.5) is 0 Å². The van der Waals surface area contributed by atoms with Crippen molar-refractivity contribution in [3.8, 4) is 0 Å². The van der Waals surface area contributed by atoms with Crippen molar-refractivity contribution in [1.82, 2.24) is 0 Å². The first kappa shape index (κ1) is 16.8. The monoisotopic (exact) mass is 303 g/mol. The predicted molar refractivity (Wildman–Crippen MR) is 83.0 cm³/mol. The molecular weight excluding hydrogens is 281 g/mol. The van der Waals surface area contributed by atoms with Gasteiger partial charge in [-0.1, -0.05) is 61.9 Å². The van der Waals surface area contributed by atoms with Crippen LogP contribution in [0, 0.1) is 0 Å². The fourth-order valence-corrected chi connectivity index (χ4v) is 2.82. The Morgan fingerprint density at radius 1 is 1.21 bits per heavy atom. The third kappa shape index (κ3) is 5.31.